The minimum atomic E-state index is 0.170. The SMILES string of the molecule is O=C(c1cccc2c1OCCC2)C1CCNCC1. The minimum Gasteiger partial charge on any atom is -0.493 e. The fraction of sp³-hybridized carbons (Fsp3) is 0.533. The number of fused-ring (bicyclic) bond motifs is 1. The van der Waals surface area contributed by atoms with E-state index in [0.717, 1.165) is 56.7 Å². The van der Waals surface area contributed by atoms with Gasteiger partial charge in [0, 0.05) is 5.92 Å². The molecule has 0 aromatic heterocycles. The van der Waals surface area contributed by atoms with E-state index in [2.05, 4.69) is 11.4 Å². The van der Waals surface area contributed by atoms with Crippen molar-refractivity contribution in [3.8, 4) is 5.75 Å². The predicted octanol–water partition coefficient (Wildman–Crippen LogP) is 2.19. The lowest BCUT2D eigenvalue weighted by molar-refractivity contribution is 0.0890. The first-order valence-electron chi connectivity index (χ1n) is 6.86. The van der Waals surface area contributed by atoms with Crippen LogP contribution in [0.25, 0.3) is 0 Å². The second-order valence-corrected chi connectivity index (χ2v) is 5.13. The Balaban J connectivity index is 1.89. The highest BCUT2D eigenvalue weighted by Crippen LogP contribution is 2.31. The molecule has 0 amide bonds. The first-order chi connectivity index (χ1) is 8.86. The number of hydrogen-bond acceptors (Lipinski definition) is 3. The molecule has 2 heterocycles. The molecule has 3 rings (SSSR count). The standard InChI is InChI=1S/C15H19NO2/c17-14(11-6-8-16-9-7-11)13-5-1-3-12-4-2-10-18-15(12)13/h1,3,5,11,16H,2,4,6-10H2. The largest absolute Gasteiger partial charge is 0.493 e. The van der Waals surface area contributed by atoms with Crippen LogP contribution in [0.15, 0.2) is 18.2 Å². The first kappa shape index (κ1) is 11.7. The van der Waals surface area contributed by atoms with Gasteiger partial charge in [0.05, 0.1) is 12.2 Å². The zero-order chi connectivity index (χ0) is 12.4. The van der Waals surface area contributed by atoms with Crippen molar-refractivity contribution in [3.05, 3.63) is 29.3 Å². The van der Waals surface area contributed by atoms with Crippen molar-refractivity contribution in [3.63, 3.8) is 0 Å². The molecule has 0 spiro atoms. The zero-order valence-electron chi connectivity index (χ0n) is 10.6. The summed E-state index contributed by atoms with van der Waals surface area (Å²) in [5.41, 5.74) is 2.00. The first-order valence-corrected chi connectivity index (χ1v) is 6.86. The smallest absolute Gasteiger partial charge is 0.169 e. The Morgan fingerprint density at radius 2 is 2.11 bits per heavy atom. The van der Waals surface area contributed by atoms with Crippen molar-refractivity contribution >= 4 is 5.78 Å². The van der Waals surface area contributed by atoms with Crippen molar-refractivity contribution in [2.24, 2.45) is 5.92 Å². The molecule has 2 aliphatic rings. The van der Waals surface area contributed by atoms with Crippen molar-refractivity contribution in [2.75, 3.05) is 19.7 Å². The van der Waals surface area contributed by atoms with Gasteiger partial charge in [-0.05, 0) is 50.4 Å². The van der Waals surface area contributed by atoms with E-state index in [1.54, 1.807) is 0 Å². The number of Topliss-reactive ketones (excluding diaryl/α,β-unsaturated/α-hetero) is 1. The Morgan fingerprint density at radius 1 is 1.28 bits per heavy atom. The summed E-state index contributed by atoms with van der Waals surface area (Å²) in [4.78, 5) is 12.6. The maximum absolute atomic E-state index is 12.6. The van der Waals surface area contributed by atoms with E-state index >= 15 is 0 Å². The van der Waals surface area contributed by atoms with Gasteiger partial charge in [0.25, 0.3) is 0 Å². The second-order valence-electron chi connectivity index (χ2n) is 5.13. The Hall–Kier alpha value is -1.35. The van der Waals surface area contributed by atoms with E-state index in [-0.39, 0.29) is 11.7 Å². The molecule has 0 saturated carbocycles. The monoisotopic (exact) mass is 245 g/mol. The molecule has 3 nitrogen and oxygen atoms in total. The number of carbonyl (C=O) groups is 1. The van der Waals surface area contributed by atoms with Crippen LogP contribution in [0.3, 0.4) is 0 Å². The molecule has 0 aliphatic carbocycles. The average Bonchev–Trinajstić information content (AvgIpc) is 2.47. The molecule has 1 aromatic carbocycles. The zero-order valence-corrected chi connectivity index (χ0v) is 10.6. The highest BCUT2D eigenvalue weighted by atomic mass is 16.5. The number of benzene rings is 1. The topological polar surface area (TPSA) is 38.3 Å². The van der Waals surface area contributed by atoms with E-state index in [4.69, 9.17) is 4.74 Å². The summed E-state index contributed by atoms with van der Waals surface area (Å²) in [5, 5.41) is 3.30. The maximum Gasteiger partial charge on any atom is 0.169 e. The molecular weight excluding hydrogens is 226 g/mol. The van der Waals surface area contributed by atoms with Gasteiger partial charge in [0.2, 0.25) is 0 Å². The molecule has 18 heavy (non-hydrogen) atoms. The second kappa shape index (κ2) is 5.11. The Kier molecular flexibility index (Phi) is 3.33. The molecule has 1 saturated heterocycles. The van der Waals surface area contributed by atoms with Crippen LogP contribution >= 0.6 is 0 Å². The lowest BCUT2D eigenvalue weighted by Gasteiger charge is -2.24. The molecule has 96 valence electrons. The van der Waals surface area contributed by atoms with Gasteiger partial charge in [-0.15, -0.1) is 0 Å². The molecule has 1 aromatic rings. The van der Waals surface area contributed by atoms with Gasteiger partial charge in [-0.1, -0.05) is 12.1 Å². The van der Waals surface area contributed by atoms with E-state index in [1.807, 2.05) is 12.1 Å². The summed E-state index contributed by atoms with van der Waals surface area (Å²) in [6, 6.07) is 5.99. The third kappa shape index (κ3) is 2.15. The fourth-order valence-electron chi connectivity index (χ4n) is 2.89. The quantitative estimate of drug-likeness (QED) is 0.812. The van der Waals surface area contributed by atoms with Gasteiger partial charge in [0.1, 0.15) is 5.75 Å². The number of rotatable bonds is 2. The van der Waals surface area contributed by atoms with Crippen molar-refractivity contribution in [2.45, 2.75) is 25.7 Å². The number of ether oxygens (including phenoxy) is 1. The van der Waals surface area contributed by atoms with Gasteiger partial charge in [-0.25, -0.2) is 0 Å². The van der Waals surface area contributed by atoms with Crippen molar-refractivity contribution in [1.29, 1.82) is 0 Å². The van der Waals surface area contributed by atoms with Crippen LogP contribution in [0.5, 0.6) is 5.75 Å². The molecule has 0 bridgehead atoms. The van der Waals surface area contributed by atoms with Crippen LogP contribution in [-0.4, -0.2) is 25.5 Å². The Morgan fingerprint density at radius 3 is 2.94 bits per heavy atom. The van der Waals surface area contributed by atoms with E-state index in [0.29, 0.717) is 0 Å². The lowest BCUT2D eigenvalue weighted by Crippen LogP contribution is -2.32. The van der Waals surface area contributed by atoms with Crippen LogP contribution in [0.4, 0.5) is 0 Å². The normalized spacial score (nSPS) is 20.0. The summed E-state index contributed by atoms with van der Waals surface area (Å²) in [5.74, 6) is 1.30. The summed E-state index contributed by atoms with van der Waals surface area (Å²) in [7, 11) is 0. The van der Waals surface area contributed by atoms with Gasteiger partial charge in [-0.3, -0.25) is 4.79 Å². The Bertz CT molecular complexity index is 450. The van der Waals surface area contributed by atoms with Crippen LogP contribution in [0, 0.1) is 5.92 Å². The maximum atomic E-state index is 12.6. The summed E-state index contributed by atoms with van der Waals surface area (Å²) in [6.07, 6.45) is 3.98. The van der Waals surface area contributed by atoms with Gasteiger partial charge in [-0.2, -0.15) is 0 Å². The number of ketones is 1. The molecule has 2 aliphatic heterocycles. The summed E-state index contributed by atoms with van der Waals surface area (Å²) >= 11 is 0. The molecule has 3 heteroatoms. The summed E-state index contributed by atoms with van der Waals surface area (Å²) < 4.78 is 5.73. The van der Waals surface area contributed by atoms with Gasteiger partial charge >= 0.3 is 0 Å². The molecule has 0 atom stereocenters. The molecule has 0 radical (unpaired) electrons. The molecule has 0 unspecified atom stereocenters. The van der Waals surface area contributed by atoms with E-state index in [9.17, 15) is 4.79 Å². The predicted molar refractivity (Wildman–Crippen MR) is 70.2 cm³/mol. The number of para-hydroxylation sites is 1. The average molecular weight is 245 g/mol. The number of piperidine rings is 1. The van der Waals surface area contributed by atoms with Crippen LogP contribution in [-0.2, 0) is 6.42 Å². The van der Waals surface area contributed by atoms with E-state index in [1.165, 1.54) is 5.56 Å². The minimum absolute atomic E-state index is 0.170. The van der Waals surface area contributed by atoms with Crippen LogP contribution in [0.2, 0.25) is 0 Å². The molecule has 1 N–H and O–H groups in total. The highest BCUT2D eigenvalue weighted by molar-refractivity contribution is 6.00. The van der Waals surface area contributed by atoms with E-state index < -0.39 is 0 Å². The molecular formula is C15H19NO2. The number of nitrogens with one attached hydrogen (secondary N) is 1. The number of aryl methyl sites for hydroxylation is 1. The highest BCUT2D eigenvalue weighted by Gasteiger charge is 2.26. The van der Waals surface area contributed by atoms with Crippen LogP contribution in [0.1, 0.15) is 35.2 Å². The fourth-order valence-corrected chi connectivity index (χ4v) is 2.89. The number of carbonyl (C=O) groups excluding carboxylic acids is 1. The van der Waals surface area contributed by atoms with Crippen molar-refractivity contribution in [1.82, 2.24) is 5.32 Å². The van der Waals surface area contributed by atoms with Crippen molar-refractivity contribution < 1.29 is 9.53 Å². The van der Waals surface area contributed by atoms with Gasteiger partial charge < -0.3 is 10.1 Å². The molecule has 1 fully saturated rings. The third-order valence-corrected chi connectivity index (χ3v) is 3.91. The Labute approximate surface area is 108 Å². The van der Waals surface area contributed by atoms with Crippen LogP contribution < -0.4 is 10.1 Å². The lowest BCUT2D eigenvalue weighted by atomic mass is 9.88. The van der Waals surface area contributed by atoms with Gasteiger partial charge in [0.15, 0.2) is 5.78 Å². The third-order valence-electron chi connectivity index (χ3n) is 3.91. The number of hydrogen-bond donors (Lipinski definition) is 1. The summed E-state index contributed by atoms with van der Waals surface area (Å²) in [6.45, 7) is 2.64.